The van der Waals surface area contributed by atoms with Gasteiger partial charge >= 0.3 is 0 Å². The van der Waals surface area contributed by atoms with E-state index in [1.165, 1.54) is 20.7 Å². The summed E-state index contributed by atoms with van der Waals surface area (Å²) in [6.45, 7) is 45.1. The molecule has 0 aliphatic heterocycles. The zero-order valence-electron chi connectivity index (χ0n) is 53.0. The molecule has 82 heavy (non-hydrogen) atoms. The minimum Gasteiger partial charge on any atom is -0.507 e. The second-order valence-electron chi connectivity index (χ2n) is 29.4. The van der Waals surface area contributed by atoms with Crippen molar-refractivity contribution in [3.05, 3.63) is 214 Å². The lowest BCUT2D eigenvalue weighted by molar-refractivity contribution is 0.471. The molecular weight excluding hydrogens is 1070 g/mol. The van der Waals surface area contributed by atoms with Gasteiger partial charge in [-0.15, -0.1) is 0 Å². The Morgan fingerprint density at radius 3 is 0.561 bits per heavy atom. The third-order valence-corrected chi connectivity index (χ3v) is 31.9. The molecule has 8 aromatic rings. The quantitative estimate of drug-likeness (QED) is 0.0726. The van der Waals surface area contributed by atoms with Crippen LogP contribution in [0.4, 0.5) is 0 Å². The molecule has 0 aromatic heterocycles. The van der Waals surface area contributed by atoms with Crippen LogP contribution in [0.1, 0.15) is 128 Å². The Morgan fingerprint density at radius 1 is 0.256 bits per heavy atom. The molecule has 0 saturated carbocycles. The van der Waals surface area contributed by atoms with Gasteiger partial charge in [-0.3, -0.25) is 0 Å². The zero-order valence-corrected chi connectivity index (χ0v) is 57.0. The predicted molar refractivity (Wildman–Crippen MR) is 365 cm³/mol. The second-order valence-corrected chi connectivity index (χ2v) is 46.9. The molecule has 0 saturated heterocycles. The Kier molecular flexibility index (Phi) is 16.5. The van der Waals surface area contributed by atoms with Crippen LogP contribution in [-0.2, 0) is 21.7 Å². The summed E-state index contributed by atoms with van der Waals surface area (Å²) in [5.74, 6) is 0.497. The highest BCUT2D eigenvalue weighted by atomic mass is 28.3. The van der Waals surface area contributed by atoms with Gasteiger partial charge < -0.3 is 20.4 Å². The van der Waals surface area contributed by atoms with Crippen LogP contribution >= 0.6 is 0 Å². The molecule has 0 atom stereocenters. The van der Waals surface area contributed by atoms with Crippen molar-refractivity contribution < 1.29 is 20.4 Å². The molecule has 0 aliphatic rings. The van der Waals surface area contributed by atoms with Gasteiger partial charge in [0.05, 0.1) is 0 Å². The van der Waals surface area contributed by atoms with Crippen LogP contribution in [0.3, 0.4) is 0 Å². The van der Waals surface area contributed by atoms with Gasteiger partial charge in [-0.05, 0) is 88.9 Å². The maximum atomic E-state index is 14.1. The third-order valence-electron chi connectivity index (χ3n) is 17.9. The summed E-state index contributed by atoms with van der Waals surface area (Å²) in [6, 6.07) is 59.8. The number of phenols is 4. The van der Waals surface area contributed by atoms with Crippen molar-refractivity contribution in [2.45, 2.75) is 157 Å². The van der Waals surface area contributed by atoms with Gasteiger partial charge in [0.2, 0.25) is 0 Å². The summed E-state index contributed by atoms with van der Waals surface area (Å²) in [6.07, 6.45) is 0. The first-order valence-electron chi connectivity index (χ1n) is 29.4. The first-order valence-corrected chi connectivity index (χ1v) is 41.4. The van der Waals surface area contributed by atoms with Crippen molar-refractivity contribution in [3.63, 3.8) is 0 Å². The van der Waals surface area contributed by atoms with Gasteiger partial charge in [-0.25, -0.2) is 0 Å². The van der Waals surface area contributed by atoms with E-state index in [0.717, 1.165) is 43.0 Å². The molecule has 0 spiro atoms. The van der Waals surface area contributed by atoms with Crippen molar-refractivity contribution in [1.29, 1.82) is 0 Å². The van der Waals surface area contributed by atoms with E-state index in [-0.39, 0.29) is 23.0 Å². The molecule has 4 N–H and O–H groups in total. The molecule has 0 radical (unpaired) electrons. The van der Waals surface area contributed by atoms with E-state index >= 15 is 0 Å². The fraction of sp³-hybridized carbons (Fsp3) is 0.324. The van der Waals surface area contributed by atoms with Gasteiger partial charge in [0.15, 0.2) is 0 Å². The van der Waals surface area contributed by atoms with Gasteiger partial charge in [0.1, 0.15) is 55.3 Å². The molecule has 4 nitrogen and oxygen atoms in total. The maximum Gasteiger partial charge on any atom is 0.123 e. The number of phenolic OH excluding ortho intramolecular Hbond substituents is 4. The summed E-state index contributed by atoms with van der Waals surface area (Å²) in [5, 5.41) is 64.4. The average molecular weight is 1160 g/mol. The van der Waals surface area contributed by atoms with E-state index in [9.17, 15) is 20.4 Å². The maximum absolute atomic E-state index is 14.1. The molecule has 0 aliphatic carbocycles. The van der Waals surface area contributed by atoms with Crippen LogP contribution in [-0.4, -0.2) is 52.7 Å². The van der Waals surface area contributed by atoms with E-state index in [4.69, 9.17) is 0 Å². The SMILES string of the molecule is CC(C)(C)c1cc(C(=C(c2cc(C(C)(C)C)cc([Si](C)(C)c3ccccc3)c2O)c2cc(C(C)(C)C)cc([Si](C)(C)c3ccccc3)c2O)c2cc(C(C)(C)C)cc([Si](C)(C)c3ccccc3)c2O)c(O)c([Si](C)(C)c2ccccc2)c1. The highest BCUT2D eigenvalue weighted by molar-refractivity contribution is 7.02. The smallest absolute Gasteiger partial charge is 0.123 e. The largest absolute Gasteiger partial charge is 0.507 e. The van der Waals surface area contributed by atoms with Crippen LogP contribution in [0, 0.1) is 0 Å². The lowest BCUT2D eigenvalue weighted by atomic mass is 9.77. The summed E-state index contributed by atoms with van der Waals surface area (Å²) in [7, 11) is -11.1. The van der Waals surface area contributed by atoms with Gasteiger partial charge in [0.25, 0.3) is 0 Å². The minimum atomic E-state index is -2.77. The molecule has 8 aromatic carbocycles. The van der Waals surface area contributed by atoms with Crippen molar-refractivity contribution in [2.75, 3.05) is 0 Å². The van der Waals surface area contributed by atoms with Gasteiger partial charge in [-0.1, -0.05) is 302 Å². The molecule has 0 amide bonds. The Bertz CT molecular complexity index is 3190. The highest BCUT2D eigenvalue weighted by Crippen LogP contribution is 2.50. The van der Waals surface area contributed by atoms with E-state index < -0.39 is 54.0 Å². The zero-order chi connectivity index (χ0) is 60.5. The van der Waals surface area contributed by atoms with E-state index in [2.05, 4.69) is 281 Å². The first-order chi connectivity index (χ1) is 37.9. The molecule has 8 rings (SSSR count). The highest BCUT2D eigenvalue weighted by Gasteiger charge is 2.41. The fourth-order valence-electron chi connectivity index (χ4n) is 11.8. The summed E-state index contributed by atoms with van der Waals surface area (Å²) >= 11 is 0. The Labute approximate surface area is 496 Å². The van der Waals surface area contributed by atoms with Crippen LogP contribution in [0.15, 0.2) is 170 Å². The number of hydrogen-bond donors (Lipinski definition) is 4. The number of rotatable bonds is 12. The molecular formula is C74H92O4Si4. The molecule has 0 heterocycles. The average Bonchev–Trinajstić information content (AvgIpc) is 2.52. The van der Waals surface area contributed by atoms with Gasteiger partial charge in [-0.2, -0.15) is 0 Å². The summed E-state index contributed by atoms with van der Waals surface area (Å²) in [4.78, 5) is 0. The van der Waals surface area contributed by atoms with E-state index in [1.54, 1.807) is 0 Å². The molecule has 0 bridgehead atoms. The third kappa shape index (κ3) is 11.8. The first kappa shape index (κ1) is 61.6. The second kappa shape index (κ2) is 22.0. The van der Waals surface area contributed by atoms with Crippen LogP contribution < -0.4 is 41.5 Å². The van der Waals surface area contributed by atoms with Gasteiger partial charge in [0, 0.05) is 33.4 Å². The van der Waals surface area contributed by atoms with Crippen LogP contribution in [0.5, 0.6) is 23.0 Å². The molecule has 8 heteroatoms. The monoisotopic (exact) mass is 1160 g/mol. The van der Waals surface area contributed by atoms with Crippen LogP contribution in [0.2, 0.25) is 52.4 Å². The summed E-state index contributed by atoms with van der Waals surface area (Å²) < 4.78 is 0. The minimum absolute atomic E-state index is 0.124. The Balaban J connectivity index is 1.78. The lowest BCUT2D eigenvalue weighted by Crippen LogP contribution is -2.53. The summed E-state index contributed by atoms with van der Waals surface area (Å²) in [5.41, 5.74) is 5.65. The lowest BCUT2D eigenvalue weighted by Gasteiger charge is -2.34. The van der Waals surface area contributed by atoms with Crippen molar-refractivity contribution in [1.82, 2.24) is 0 Å². The normalized spacial score (nSPS) is 13.1. The number of hydrogen-bond acceptors (Lipinski definition) is 4. The number of aromatic hydroxyl groups is 4. The molecule has 0 unspecified atom stereocenters. The van der Waals surface area contributed by atoms with Crippen LogP contribution in [0.25, 0.3) is 11.1 Å². The van der Waals surface area contributed by atoms with Crippen molar-refractivity contribution in [3.8, 4) is 23.0 Å². The molecule has 0 fully saturated rings. The fourth-order valence-corrected chi connectivity index (χ4v) is 22.1. The topological polar surface area (TPSA) is 80.9 Å². The van der Waals surface area contributed by atoms with Crippen molar-refractivity contribution in [2.24, 2.45) is 0 Å². The predicted octanol–water partition coefficient (Wildman–Crippen LogP) is 14.0. The standard InChI is InChI=1S/C74H92O4Si4/c1-71(2,3)49-41-57(67(75)61(45-49)79(13,14)53-33-25-21-26-34-53)65(58-42-50(72(4,5)6)46-62(68(58)76)80(15,16)54-35-27-22-28-36-54)66(59-43-51(73(7,8)9)47-63(69(59)77)81(17,18)55-37-29-23-30-38-55)60-44-52(74(10,11)12)48-64(70(60)78)82(19,20)56-39-31-24-32-40-56/h21-48,75-78H,1-20H3. The van der Waals surface area contributed by atoms with Crippen molar-refractivity contribution >= 4 is 84.9 Å². The molecule has 428 valence electrons. The Hall–Kier alpha value is -6.43. The Morgan fingerprint density at radius 2 is 0.415 bits per heavy atom. The van der Waals surface area contributed by atoms with E-state index in [0.29, 0.717) is 33.4 Å². The van der Waals surface area contributed by atoms with E-state index in [1.807, 2.05) is 24.3 Å². The number of benzene rings is 8.